The molecular formula is C22H22O7. The van der Waals surface area contributed by atoms with E-state index >= 15 is 0 Å². The summed E-state index contributed by atoms with van der Waals surface area (Å²) < 4.78 is 20.8. The van der Waals surface area contributed by atoms with Crippen LogP contribution in [0.1, 0.15) is 27.6 Å². The Balaban J connectivity index is 1.72. The Morgan fingerprint density at radius 3 is 2.03 bits per heavy atom. The molecule has 0 aromatic heterocycles. The van der Waals surface area contributed by atoms with E-state index in [0.29, 0.717) is 35.8 Å². The fourth-order valence-corrected chi connectivity index (χ4v) is 2.19. The summed E-state index contributed by atoms with van der Waals surface area (Å²) in [5.74, 6) is -0.119. The number of hydrogen-bond donors (Lipinski definition) is 0. The number of ether oxygens (including phenoxy) is 4. The normalized spacial score (nSPS) is 10.1. The van der Waals surface area contributed by atoms with Gasteiger partial charge in [0, 0.05) is 11.6 Å². The van der Waals surface area contributed by atoms with Gasteiger partial charge in [-0.2, -0.15) is 0 Å². The zero-order valence-electron chi connectivity index (χ0n) is 16.1. The first-order valence-electron chi connectivity index (χ1n) is 8.92. The lowest BCUT2D eigenvalue weighted by molar-refractivity contribution is -0.139. The lowest BCUT2D eigenvalue weighted by atomic mass is 10.1. The second kappa shape index (κ2) is 11.4. The first-order valence-corrected chi connectivity index (χ1v) is 8.92. The van der Waals surface area contributed by atoms with Crippen LogP contribution in [-0.2, 0) is 14.3 Å². The molecule has 7 heteroatoms. The summed E-state index contributed by atoms with van der Waals surface area (Å²) in [4.78, 5) is 34.3. The number of carbonyl (C=O) groups excluding carboxylic acids is 3. The summed E-state index contributed by atoms with van der Waals surface area (Å²) in [5, 5.41) is 0. The Kier molecular flexibility index (Phi) is 8.59. The molecule has 7 nitrogen and oxygen atoms in total. The van der Waals surface area contributed by atoms with Gasteiger partial charge in [0.05, 0.1) is 18.8 Å². The molecule has 0 spiro atoms. The van der Waals surface area contributed by atoms with E-state index in [-0.39, 0.29) is 19.0 Å². The quantitative estimate of drug-likeness (QED) is 0.189. The largest absolute Gasteiger partial charge is 0.491 e. The molecule has 2 rings (SSSR count). The van der Waals surface area contributed by atoms with E-state index in [1.807, 2.05) is 0 Å². The van der Waals surface area contributed by atoms with E-state index in [4.69, 9.17) is 18.9 Å². The number of esters is 2. The predicted octanol–water partition coefficient (Wildman–Crippen LogP) is 3.23. The van der Waals surface area contributed by atoms with Crippen molar-refractivity contribution in [2.75, 3.05) is 26.4 Å². The molecule has 0 saturated heterocycles. The molecule has 0 aliphatic heterocycles. The highest BCUT2D eigenvalue weighted by atomic mass is 16.6. The molecule has 0 saturated carbocycles. The van der Waals surface area contributed by atoms with Crippen LogP contribution in [0.5, 0.6) is 11.5 Å². The van der Waals surface area contributed by atoms with Gasteiger partial charge < -0.3 is 18.9 Å². The number of benzene rings is 2. The molecule has 0 unspecified atom stereocenters. The van der Waals surface area contributed by atoms with E-state index in [0.717, 1.165) is 6.08 Å². The van der Waals surface area contributed by atoms with Crippen molar-refractivity contribution >= 4 is 17.7 Å². The monoisotopic (exact) mass is 398 g/mol. The highest BCUT2D eigenvalue weighted by molar-refractivity contribution is 5.94. The van der Waals surface area contributed by atoms with Crippen LogP contribution < -0.4 is 9.47 Å². The lowest BCUT2D eigenvalue weighted by Crippen LogP contribution is -2.12. The Labute approximate surface area is 168 Å². The van der Waals surface area contributed by atoms with Crippen molar-refractivity contribution in [3.8, 4) is 11.5 Å². The third-order valence-corrected chi connectivity index (χ3v) is 3.70. The molecule has 2 aromatic rings. The molecule has 0 N–H and O–H groups in total. The molecule has 0 fully saturated rings. The average Bonchev–Trinajstić information content (AvgIpc) is 2.73. The second-order valence-corrected chi connectivity index (χ2v) is 5.83. The third-order valence-electron chi connectivity index (χ3n) is 3.70. The van der Waals surface area contributed by atoms with Crippen molar-refractivity contribution in [1.82, 2.24) is 0 Å². The molecule has 0 heterocycles. The second-order valence-electron chi connectivity index (χ2n) is 5.83. The van der Waals surface area contributed by atoms with Crippen molar-refractivity contribution in [2.45, 2.75) is 6.92 Å². The molecule has 0 atom stereocenters. The van der Waals surface area contributed by atoms with Crippen LogP contribution in [0.25, 0.3) is 0 Å². The van der Waals surface area contributed by atoms with E-state index in [1.165, 1.54) is 6.92 Å². The van der Waals surface area contributed by atoms with E-state index in [2.05, 4.69) is 6.58 Å². The Morgan fingerprint density at radius 1 is 0.828 bits per heavy atom. The summed E-state index contributed by atoms with van der Waals surface area (Å²) in [6.07, 6.45) is 1.09. The Hall–Kier alpha value is -3.45. The number of carbonyl (C=O) groups is 3. The fourth-order valence-electron chi connectivity index (χ4n) is 2.19. The van der Waals surface area contributed by atoms with Gasteiger partial charge >= 0.3 is 11.9 Å². The van der Waals surface area contributed by atoms with Gasteiger partial charge in [0.25, 0.3) is 0 Å². The Morgan fingerprint density at radius 2 is 1.41 bits per heavy atom. The first-order chi connectivity index (χ1) is 14.0. The summed E-state index contributed by atoms with van der Waals surface area (Å²) in [5.41, 5.74) is 0.918. The maximum absolute atomic E-state index is 12.2. The number of Topliss-reactive ketones (excluding diaryl/α,β-unsaturated/α-hetero) is 1. The number of rotatable bonds is 11. The van der Waals surface area contributed by atoms with Gasteiger partial charge in [0.15, 0.2) is 5.78 Å². The Bertz CT molecular complexity index is 838. The smallest absolute Gasteiger partial charge is 0.343 e. The standard InChI is InChI=1S/C22H22O7/c1-3-21(24)28-15-13-26-12-14-27-19-8-6-18(7-9-19)22(25)29-20-10-4-17(5-11-20)16(2)23/h3-11H,1,12-15H2,2H3. The van der Waals surface area contributed by atoms with Crippen LogP contribution in [-0.4, -0.2) is 44.1 Å². The van der Waals surface area contributed by atoms with Crippen LogP contribution in [0, 0.1) is 0 Å². The molecule has 29 heavy (non-hydrogen) atoms. The highest BCUT2D eigenvalue weighted by Gasteiger charge is 2.09. The van der Waals surface area contributed by atoms with Gasteiger partial charge in [0.1, 0.15) is 24.7 Å². The van der Waals surface area contributed by atoms with Crippen LogP contribution >= 0.6 is 0 Å². The van der Waals surface area contributed by atoms with Crippen LogP contribution in [0.3, 0.4) is 0 Å². The van der Waals surface area contributed by atoms with Gasteiger partial charge in [-0.15, -0.1) is 0 Å². The van der Waals surface area contributed by atoms with Crippen molar-refractivity contribution in [1.29, 1.82) is 0 Å². The van der Waals surface area contributed by atoms with E-state index in [1.54, 1.807) is 48.5 Å². The summed E-state index contributed by atoms with van der Waals surface area (Å²) in [6, 6.07) is 12.9. The fraction of sp³-hybridized carbons (Fsp3) is 0.227. The zero-order chi connectivity index (χ0) is 21.1. The molecule has 0 aliphatic rings. The molecule has 0 amide bonds. The SMILES string of the molecule is C=CC(=O)OCCOCCOc1ccc(C(=O)Oc2ccc(C(C)=O)cc2)cc1. The molecule has 2 aromatic carbocycles. The highest BCUT2D eigenvalue weighted by Crippen LogP contribution is 2.17. The van der Waals surface area contributed by atoms with Crippen LogP contribution in [0.15, 0.2) is 61.2 Å². The maximum Gasteiger partial charge on any atom is 0.343 e. The van der Waals surface area contributed by atoms with Crippen LogP contribution in [0.4, 0.5) is 0 Å². The summed E-state index contributed by atoms with van der Waals surface area (Å²) >= 11 is 0. The van der Waals surface area contributed by atoms with Gasteiger partial charge in [0.2, 0.25) is 0 Å². The topological polar surface area (TPSA) is 88.1 Å². The minimum atomic E-state index is -0.510. The summed E-state index contributed by atoms with van der Waals surface area (Å²) in [6.45, 7) is 5.81. The zero-order valence-corrected chi connectivity index (χ0v) is 16.1. The summed E-state index contributed by atoms with van der Waals surface area (Å²) in [7, 11) is 0. The van der Waals surface area contributed by atoms with Crippen LogP contribution in [0.2, 0.25) is 0 Å². The minimum absolute atomic E-state index is 0.0556. The van der Waals surface area contributed by atoms with Gasteiger partial charge in [-0.25, -0.2) is 9.59 Å². The first kappa shape index (κ1) is 21.8. The van der Waals surface area contributed by atoms with E-state index < -0.39 is 11.9 Å². The van der Waals surface area contributed by atoms with Gasteiger partial charge in [-0.05, 0) is 55.5 Å². The van der Waals surface area contributed by atoms with Crippen molar-refractivity contribution in [3.63, 3.8) is 0 Å². The maximum atomic E-state index is 12.2. The number of hydrogen-bond acceptors (Lipinski definition) is 7. The van der Waals surface area contributed by atoms with Gasteiger partial charge in [-0.1, -0.05) is 6.58 Å². The predicted molar refractivity (Wildman–Crippen MR) is 105 cm³/mol. The third kappa shape index (κ3) is 7.59. The molecule has 0 radical (unpaired) electrons. The molecule has 0 aliphatic carbocycles. The molecule has 152 valence electrons. The number of ketones is 1. The van der Waals surface area contributed by atoms with E-state index in [9.17, 15) is 14.4 Å². The minimum Gasteiger partial charge on any atom is -0.491 e. The average molecular weight is 398 g/mol. The molecular weight excluding hydrogens is 376 g/mol. The van der Waals surface area contributed by atoms with Gasteiger partial charge in [-0.3, -0.25) is 4.79 Å². The van der Waals surface area contributed by atoms with Crippen molar-refractivity contribution < 1.29 is 33.3 Å². The van der Waals surface area contributed by atoms with Crippen molar-refractivity contribution in [3.05, 3.63) is 72.3 Å². The van der Waals surface area contributed by atoms with Crippen molar-refractivity contribution in [2.24, 2.45) is 0 Å². The molecule has 0 bridgehead atoms. The lowest BCUT2D eigenvalue weighted by Gasteiger charge is -2.08.